The summed E-state index contributed by atoms with van der Waals surface area (Å²) >= 11 is 1.34. The van der Waals surface area contributed by atoms with Crippen molar-refractivity contribution in [2.45, 2.75) is 46.3 Å². The van der Waals surface area contributed by atoms with E-state index >= 15 is 0 Å². The Morgan fingerprint density at radius 1 is 1.12 bits per heavy atom. The predicted octanol–water partition coefficient (Wildman–Crippen LogP) is 6.27. The molecule has 2 aliphatic heterocycles. The van der Waals surface area contributed by atoms with Gasteiger partial charge in [-0.3, -0.25) is 14.5 Å². The summed E-state index contributed by atoms with van der Waals surface area (Å²) < 4.78 is 18.0. The third-order valence-electron chi connectivity index (χ3n) is 7.44. The normalized spacial score (nSPS) is 19.5. The number of carbonyl (C=O) groups excluding carboxylic acids is 2. The average Bonchev–Trinajstić information content (AvgIpc) is 3.61. The van der Waals surface area contributed by atoms with Crippen LogP contribution in [0.4, 0.5) is 5.13 Å². The van der Waals surface area contributed by atoms with E-state index in [9.17, 15) is 14.7 Å². The number of aromatic nitrogens is 1. The second-order valence-corrected chi connectivity index (χ2v) is 11.4. The second-order valence-electron chi connectivity index (χ2n) is 10.4. The zero-order chi connectivity index (χ0) is 29.0. The molecule has 9 heteroatoms. The van der Waals surface area contributed by atoms with Crippen molar-refractivity contribution >= 4 is 44.1 Å². The van der Waals surface area contributed by atoms with E-state index < -0.39 is 17.7 Å². The van der Waals surface area contributed by atoms with E-state index in [1.165, 1.54) is 23.3 Å². The molecule has 3 heterocycles. The molecule has 0 radical (unpaired) electrons. The van der Waals surface area contributed by atoms with Gasteiger partial charge in [0.25, 0.3) is 5.78 Å². The maximum absolute atomic E-state index is 13.7. The number of amides is 1. The van der Waals surface area contributed by atoms with Gasteiger partial charge < -0.3 is 19.3 Å². The fourth-order valence-electron chi connectivity index (χ4n) is 5.66. The standard InChI is InChI=1S/C32H30N2O6S/c1-6-39-23-10-7-19(15-24(23)38-5)28-26(29(35)20-8-9-22-21(14-20)13-18(4)40-22)30(36)31(37)34(28)32-33-27-17(3)11-16(2)12-25(27)41-32/h7-12,14-15,18,28,35H,6,13H2,1-5H3/t18-,28+/m0/s1. The van der Waals surface area contributed by atoms with Gasteiger partial charge in [0.1, 0.15) is 17.6 Å². The van der Waals surface area contributed by atoms with Crippen molar-refractivity contribution in [2.24, 2.45) is 0 Å². The quantitative estimate of drug-likeness (QED) is 0.166. The highest BCUT2D eigenvalue weighted by molar-refractivity contribution is 7.22. The minimum atomic E-state index is -0.940. The summed E-state index contributed by atoms with van der Waals surface area (Å²) in [5.41, 5.74) is 4.78. The van der Waals surface area contributed by atoms with Crippen LogP contribution in [-0.4, -0.2) is 41.6 Å². The monoisotopic (exact) mass is 570 g/mol. The molecule has 4 aromatic rings. The van der Waals surface area contributed by atoms with Gasteiger partial charge in [-0.05, 0) is 86.3 Å². The van der Waals surface area contributed by atoms with E-state index in [2.05, 4.69) is 0 Å². The Bertz CT molecular complexity index is 1760. The van der Waals surface area contributed by atoms with Crippen molar-refractivity contribution in [2.75, 3.05) is 18.6 Å². The molecule has 1 aromatic heterocycles. The number of methoxy groups -OCH3 is 1. The summed E-state index contributed by atoms with van der Waals surface area (Å²) in [6.45, 7) is 8.28. The molecule has 0 saturated carbocycles. The Balaban J connectivity index is 1.56. The molecule has 3 aromatic carbocycles. The number of hydrogen-bond donors (Lipinski definition) is 1. The number of anilines is 1. The molecular formula is C32H30N2O6S. The van der Waals surface area contributed by atoms with E-state index in [0.717, 1.165) is 32.7 Å². The van der Waals surface area contributed by atoms with Gasteiger partial charge in [0, 0.05) is 12.0 Å². The Hall–Kier alpha value is -4.37. The largest absolute Gasteiger partial charge is 0.507 e. The number of carbonyl (C=O) groups is 2. The van der Waals surface area contributed by atoms with Gasteiger partial charge in [-0.2, -0.15) is 0 Å². The lowest BCUT2D eigenvalue weighted by molar-refractivity contribution is -0.132. The first-order valence-corrected chi connectivity index (χ1v) is 14.3. The van der Waals surface area contributed by atoms with Crippen LogP contribution in [0, 0.1) is 13.8 Å². The number of fused-ring (bicyclic) bond motifs is 2. The first-order valence-electron chi connectivity index (χ1n) is 13.5. The Kier molecular flexibility index (Phi) is 6.69. The summed E-state index contributed by atoms with van der Waals surface area (Å²) in [4.78, 5) is 33.7. The van der Waals surface area contributed by atoms with Crippen LogP contribution in [0.2, 0.25) is 0 Å². The molecule has 1 N–H and O–H groups in total. The van der Waals surface area contributed by atoms with Crippen LogP contribution < -0.4 is 19.1 Å². The molecule has 41 heavy (non-hydrogen) atoms. The SMILES string of the molecule is CCOc1ccc([C@@H]2C(=C(O)c3ccc4c(c3)C[C@H](C)O4)C(=O)C(=O)N2c2nc3c(C)cc(C)cc3s2)cc1OC. The van der Waals surface area contributed by atoms with E-state index in [4.69, 9.17) is 19.2 Å². The highest BCUT2D eigenvalue weighted by Crippen LogP contribution is 2.46. The number of aliphatic hydroxyl groups is 1. The number of benzene rings is 3. The number of thiazole rings is 1. The van der Waals surface area contributed by atoms with Crippen molar-refractivity contribution in [1.82, 2.24) is 4.98 Å². The van der Waals surface area contributed by atoms with E-state index in [0.29, 0.717) is 40.8 Å². The zero-order valence-corrected chi connectivity index (χ0v) is 24.3. The third-order valence-corrected chi connectivity index (χ3v) is 8.44. The fourth-order valence-corrected chi connectivity index (χ4v) is 6.83. The fraction of sp³-hybridized carbons (Fsp3) is 0.281. The summed E-state index contributed by atoms with van der Waals surface area (Å²) in [5.74, 6) is -0.0425. The van der Waals surface area contributed by atoms with Crippen LogP contribution in [0.15, 0.2) is 54.1 Å². The number of hydrogen-bond acceptors (Lipinski definition) is 8. The van der Waals surface area contributed by atoms with Gasteiger partial charge in [0.2, 0.25) is 0 Å². The van der Waals surface area contributed by atoms with Gasteiger partial charge in [-0.25, -0.2) is 4.98 Å². The van der Waals surface area contributed by atoms with Crippen molar-refractivity contribution in [3.05, 3.63) is 81.9 Å². The van der Waals surface area contributed by atoms with Crippen LogP contribution in [0.5, 0.6) is 17.2 Å². The number of Topliss-reactive ketones (excluding diaryl/α,β-unsaturated/α-hetero) is 1. The van der Waals surface area contributed by atoms with Gasteiger partial charge in [-0.1, -0.05) is 23.5 Å². The molecule has 6 rings (SSSR count). The summed E-state index contributed by atoms with van der Waals surface area (Å²) in [6.07, 6.45) is 0.713. The molecule has 0 bridgehead atoms. The van der Waals surface area contributed by atoms with Crippen LogP contribution >= 0.6 is 11.3 Å². The van der Waals surface area contributed by atoms with Crippen LogP contribution in [0.3, 0.4) is 0 Å². The van der Waals surface area contributed by atoms with Crippen molar-refractivity contribution in [3.63, 3.8) is 0 Å². The third kappa shape index (κ3) is 4.50. The Morgan fingerprint density at radius 3 is 2.68 bits per heavy atom. The lowest BCUT2D eigenvalue weighted by Gasteiger charge is -2.24. The van der Waals surface area contributed by atoms with Crippen LogP contribution in [-0.2, 0) is 16.0 Å². The zero-order valence-electron chi connectivity index (χ0n) is 23.5. The number of rotatable bonds is 6. The smallest absolute Gasteiger partial charge is 0.301 e. The topological polar surface area (TPSA) is 98.2 Å². The molecular weight excluding hydrogens is 540 g/mol. The van der Waals surface area contributed by atoms with Gasteiger partial charge >= 0.3 is 5.91 Å². The Labute approximate surface area is 241 Å². The average molecular weight is 571 g/mol. The van der Waals surface area contributed by atoms with Crippen LogP contribution in [0.1, 0.15) is 47.7 Å². The van der Waals surface area contributed by atoms with E-state index in [-0.39, 0.29) is 17.4 Å². The first kappa shape index (κ1) is 26.8. The molecule has 1 saturated heterocycles. The summed E-state index contributed by atoms with van der Waals surface area (Å²) in [5, 5.41) is 12.0. The minimum Gasteiger partial charge on any atom is -0.507 e. The molecule has 0 spiro atoms. The van der Waals surface area contributed by atoms with E-state index in [1.54, 1.807) is 30.3 Å². The lowest BCUT2D eigenvalue weighted by Crippen LogP contribution is -2.29. The molecule has 8 nitrogen and oxygen atoms in total. The van der Waals surface area contributed by atoms with Gasteiger partial charge in [0.15, 0.2) is 16.6 Å². The number of ether oxygens (including phenoxy) is 3. The molecule has 2 aliphatic rings. The highest BCUT2D eigenvalue weighted by Gasteiger charge is 2.48. The maximum atomic E-state index is 13.7. The molecule has 1 amide bonds. The van der Waals surface area contributed by atoms with Crippen molar-refractivity contribution < 1.29 is 28.9 Å². The molecule has 0 aliphatic carbocycles. The summed E-state index contributed by atoms with van der Waals surface area (Å²) in [6, 6.07) is 13.7. The number of aliphatic hydroxyl groups excluding tert-OH is 1. The minimum absolute atomic E-state index is 0.0136. The molecule has 1 fully saturated rings. The van der Waals surface area contributed by atoms with Gasteiger partial charge in [-0.15, -0.1) is 0 Å². The first-order chi connectivity index (χ1) is 19.7. The van der Waals surface area contributed by atoms with E-state index in [1.807, 2.05) is 45.9 Å². The second kappa shape index (κ2) is 10.2. The molecule has 0 unspecified atom stereocenters. The number of nitrogens with zero attached hydrogens (tertiary/aromatic N) is 2. The highest BCUT2D eigenvalue weighted by atomic mass is 32.1. The molecule has 2 atom stereocenters. The number of ketones is 1. The van der Waals surface area contributed by atoms with Crippen molar-refractivity contribution in [3.8, 4) is 17.2 Å². The van der Waals surface area contributed by atoms with Crippen LogP contribution in [0.25, 0.3) is 16.0 Å². The van der Waals surface area contributed by atoms with Gasteiger partial charge in [0.05, 0.1) is 35.5 Å². The Morgan fingerprint density at radius 2 is 1.93 bits per heavy atom. The lowest BCUT2D eigenvalue weighted by atomic mass is 9.94. The maximum Gasteiger partial charge on any atom is 0.301 e. The predicted molar refractivity (Wildman–Crippen MR) is 158 cm³/mol. The summed E-state index contributed by atoms with van der Waals surface area (Å²) in [7, 11) is 1.53. The number of aryl methyl sites for hydroxylation is 2. The van der Waals surface area contributed by atoms with Crippen molar-refractivity contribution in [1.29, 1.82) is 0 Å². The molecule has 210 valence electrons.